The zero-order chi connectivity index (χ0) is 11.3. The Morgan fingerprint density at radius 1 is 1.47 bits per heavy atom. The van der Waals surface area contributed by atoms with Crippen LogP contribution in [0.1, 0.15) is 25.0 Å². The first-order valence-electron chi connectivity index (χ1n) is 4.81. The summed E-state index contributed by atoms with van der Waals surface area (Å²) in [7, 11) is 0. The summed E-state index contributed by atoms with van der Waals surface area (Å²) in [6.45, 7) is 1.26. The second kappa shape index (κ2) is 5.66. The van der Waals surface area contributed by atoms with Gasteiger partial charge in [-0.15, -0.1) is 0 Å². The molecule has 1 unspecified atom stereocenters. The van der Waals surface area contributed by atoms with Gasteiger partial charge in [-0.25, -0.2) is 4.39 Å². The predicted octanol–water partition coefficient (Wildman–Crippen LogP) is 2.62. The number of aliphatic hydroxyl groups excluding tert-OH is 1. The molecule has 2 nitrogen and oxygen atoms in total. The Hall–Kier alpha value is -1.16. The van der Waals surface area contributed by atoms with Gasteiger partial charge in [-0.3, -0.25) is 4.39 Å². The summed E-state index contributed by atoms with van der Waals surface area (Å²) in [5, 5.41) is 9.18. The van der Waals surface area contributed by atoms with E-state index >= 15 is 0 Å². The lowest BCUT2D eigenvalue weighted by Crippen LogP contribution is -2.00. The number of ether oxygens (including phenoxy) is 1. The fourth-order valence-electron chi connectivity index (χ4n) is 1.18. The first-order valence-corrected chi connectivity index (χ1v) is 4.81. The summed E-state index contributed by atoms with van der Waals surface area (Å²) in [4.78, 5) is 0. The molecular formula is C11H14F2O2. The van der Waals surface area contributed by atoms with Gasteiger partial charge in [0.1, 0.15) is 11.6 Å². The third kappa shape index (κ3) is 3.47. The smallest absolute Gasteiger partial charge is 0.132 e. The number of hydrogen-bond donors (Lipinski definition) is 1. The van der Waals surface area contributed by atoms with E-state index in [-0.39, 0.29) is 12.2 Å². The van der Waals surface area contributed by atoms with Crippen molar-refractivity contribution in [2.75, 3.05) is 13.3 Å². The van der Waals surface area contributed by atoms with Crippen LogP contribution in [0.25, 0.3) is 0 Å². The van der Waals surface area contributed by atoms with Crippen molar-refractivity contribution in [2.24, 2.45) is 0 Å². The SMILES string of the molecule is CC(O)c1ccc(OCCCF)cc1F. The highest BCUT2D eigenvalue weighted by molar-refractivity contribution is 5.29. The summed E-state index contributed by atoms with van der Waals surface area (Å²) < 4.78 is 30.2. The van der Waals surface area contributed by atoms with Crippen molar-refractivity contribution in [1.29, 1.82) is 0 Å². The molecule has 0 spiro atoms. The van der Waals surface area contributed by atoms with E-state index in [2.05, 4.69) is 0 Å². The van der Waals surface area contributed by atoms with Crippen molar-refractivity contribution in [3.8, 4) is 5.75 Å². The first-order chi connectivity index (χ1) is 7.15. The quantitative estimate of drug-likeness (QED) is 0.766. The van der Waals surface area contributed by atoms with Gasteiger partial charge in [-0.1, -0.05) is 0 Å². The van der Waals surface area contributed by atoms with E-state index in [4.69, 9.17) is 4.74 Å². The molecule has 1 aromatic carbocycles. The molecule has 84 valence electrons. The van der Waals surface area contributed by atoms with Crippen molar-refractivity contribution >= 4 is 0 Å². The van der Waals surface area contributed by atoms with Gasteiger partial charge in [-0.2, -0.15) is 0 Å². The Balaban J connectivity index is 2.65. The molecule has 0 aliphatic rings. The monoisotopic (exact) mass is 216 g/mol. The van der Waals surface area contributed by atoms with Gasteiger partial charge in [-0.05, 0) is 19.1 Å². The van der Waals surface area contributed by atoms with Crippen molar-refractivity contribution in [3.63, 3.8) is 0 Å². The Labute approximate surface area is 87.5 Å². The predicted molar refractivity (Wildman–Crippen MR) is 53.1 cm³/mol. The fourth-order valence-corrected chi connectivity index (χ4v) is 1.18. The summed E-state index contributed by atoms with van der Waals surface area (Å²) in [6.07, 6.45) is -0.551. The molecule has 0 aliphatic heterocycles. The van der Waals surface area contributed by atoms with Crippen molar-refractivity contribution in [3.05, 3.63) is 29.6 Å². The molecule has 15 heavy (non-hydrogen) atoms. The molecule has 0 amide bonds. The van der Waals surface area contributed by atoms with Crippen molar-refractivity contribution in [2.45, 2.75) is 19.4 Å². The Bertz CT molecular complexity index is 313. The summed E-state index contributed by atoms with van der Waals surface area (Å²) >= 11 is 0. The molecule has 0 heterocycles. The van der Waals surface area contributed by atoms with Crippen LogP contribution in [0.4, 0.5) is 8.78 Å². The van der Waals surface area contributed by atoms with E-state index in [0.717, 1.165) is 0 Å². The van der Waals surface area contributed by atoms with Crippen LogP contribution < -0.4 is 4.74 Å². The van der Waals surface area contributed by atoms with Crippen LogP contribution in [0.5, 0.6) is 5.75 Å². The number of benzene rings is 1. The molecular weight excluding hydrogens is 202 g/mol. The maximum absolute atomic E-state index is 13.3. The minimum atomic E-state index is -0.843. The zero-order valence-electron chi connectivity index (χ0n) is 8.54. The normalized spacial score (nSPS) is 12.5. The maximum Gasteiger partial charge on any atom is 0.132 e. The van der Waals surface area contributed by atoms with Crippen LogP contribution in [0.15, 0.2) is 18.2 Å². The molecule has 4 heteroatoms. The summed E-state index contributed by atoms with van der Waals surface area (Å²) in [5.41, 5.74) is 0.229. The molecule has 0 saturated heterocycles. The van der Waals surface area contributed by atoms with Crippen molar-refractivity contribution in [1.82, 2.24) is 0 Å². The first kappa shape index (κ1) is 11.9. The number of rotatable bonds is 5. The van der Waals surface area contributed by atoms with E-state index in [0.29, 0.717) is 12.2 Å². The Morgan fingerprint density at radius 2 is 2.20 bits per heavy atom. The lowest BCUT2D eigenvalue weighted by molar-refractivity contribution is 0.194. The van der Waals surface area contributed by atoms with Gasteiger partial charge in [0.25, 0.3) is 0 Å². The summed E-state index contributed by atoms with van der Waals surface area (Å²) in [5.74, 6) is -0.159. The van der Waals surface area contributed by atoms with E-state index < -0.39 is 18.6 Å². The molecule has 1 atom stereocenters. The average Bonchev–Trinajstić information content (AvgIpc) is 2.17. The van der Waals surface area contributed by atoms with E-state index in [9.17, 15) is 13.9 Å². The molecule has 1 N–H and O–H groups in total. The molecule has 1 aromatic rings. The van der Waals surface area contributed by atoms with Crippen LogP contribution in [0, 0.1) is 5.82 Å². The van der Waals surface area contributed by atoms with E-state index in [1.807, 2.05) is 0 Å². The van der Waals surface area contributed by atoms with Gasteiger partial charge in [0.15, 0.2) is 0 Å². The minimum absolute atomic E-state index is 0.226. The van der Waals surface area contributed by atoms with E-state index in [1.54, 1.807) is 6.07 Å². The molecule has 0 aromatic heterocycles. The van der Waals surface area contributed by atoms with Gasteiger partial charge in [0.05, 0.1) is 19.4 Å². The highest BCUT2D eigenvalue weighted by Gasteiger charge is 2.08. The van der Waals surface area contributed by atoms with E-state index in [1.165, 1.54) is 19.1 Å². The fraction of sp³-hybridized carbons (Fsp3) is 0.455. The highest BCUT2D eigenvalue weighted by atomic mass is 19.1. The largest absolute Gasteiger partial charge is 0.493 e. The van der Waals surface area contributed by atoms with Gasteiger partial charge < -0.3 is 9.84 Å². The standard InChI is InChI=1S/C11H14F2O2/c1-8(14)10-4-3-9(7-11(10)13)15-6-2-5-12/h3-4,7-8,14H,2,5-6H2,1H3. The third-order valence-corrected chi connectivity index (χ3v) is 1.97. The Kier molecular flexibility index (Phi) is 4.49. The number of alkyl halides is 1. The lowest BCUT2D eigenvalue weighted by Gasteiger charge is -2.09. The van der Waals surface area contributed by atoms with Crippen LogP contribution >= 0.6 is 0 Å². The minimum Gasteiger partial charge on any atom is -0.493 e. The second-order valence-electron chi connectivity index (χ2n) is 3.25. The molecule has 1 rings (SSSR count). The topological polar surface area (TPSA) is 29.5 Å². The van der Waals surface area contributed by atoms with Crippen molar-refractivity contribution < 1.29 is 18.6 Å². The van der Waals surface area contributed by atoms with Gasteiger partial charge in [0.2, 0.25) is 0 Å². The molecule has 0 bridgehead atoms. The Morgan fingerprint density at radius 3 is 2.73 bits per heavy atom. The van der Waals surface area contributed by atoms with Crippen LogP contribution in [-0.2, 0) is 0 Å². The van der Waals surface area contributed by atoms with Crippen LogP contribution in [0.3, 0.4) is 0 Å². The number of halogens is 2. The second-order valence-corrected chi connectivity index (χ2v) is 3.25. The third-order valence-electron chi connectivity index (χ3n) is 1.97. The van der Waals surface area contributed by atoms with Crippen LogP contribution in [-0.4, -0.2) is 18.4 Å². The summed E-state index contributed by atoms with van der Waals surface area (Å²) in [6, 6.07) is 4.22. The highest BCUT2D eigenvalue weighted by Crippen LogP contribution is 2.21. The van der Waals surface area contributed by atoms with Gasteiger partial charge >= 0.3 is 0 Å². The molecule has 0 radical (unpaired) electrons. The van der Waals surface area contributed by atoms with Crippen LogP contribution in [0.2, 0.25) is 0 Å². The molecule has 0 saturated carbocycles. The zero-order valence-corrected chi connectivity index (χ0v) is 8.54. The van der Waals surface area contributed by atoms with Gasteiger partial charge in [0, 0.05) is 18.1 Å². The average molecular weight is 216 g/mol. The number of aliphatic hydroxyl groups is 1. The molecule has 0 aliphatic carbocycles. The number of hydrogen-bond acceptors (Lipinski definition) is 2. The molecule has 0 fully saturated rings. The lowest BCUT2D eigenvalue weighted by atomic mass is 10.1. The maximum atomic E-state index is 13.3.